The fourth-order valence-electron chi connectivity index (χ4n) is 4.26. The number of carbonyl (C=O) groups is 1. The van der Waals surface area contributed by atoms with Gasteiger partial charge >= 0.3 is 0 Å². The second kappa shape index (κ2) is 8.70. The summed E-state index contributed by atoms with van der Waals surface area (Å²) in [6.07, 6.45) is 1.66. The van der Waals surface area contributed by atoms with Gasteiger partial charge in [0.1, 0.15) is 11.8 Å². The second-order valence-corrected chi connectivity index (χ2v) is 8.40. The van der Waals surface area contributed by atoms with Gasteiger partial charge in [-0.3, -0.25) is 4.79 Å². The maximum atomic E-state index is 13.0. The van der Waals surface area contributed by atoms with Crippen LogP contribution < -0.4 is 38.2 Å². The van der Waals surface area contributed by atoms with Crippen LogP contribution in [0.25, 0.3) is 0 Å². The molecule has 2 heterocycles. The summed E-state index contributed by atoms with van der Waals surface area (Å²) in [4.78, 5) is 13.0. The number of methoxy groups -OCH3 is 1. The molecule has 2 aromatic carbocycles. The molecule has 156 valence electrons. The smallest absolute Gasteiger partial charge is 0.231 e. The molecule has 29 heavy (non-hydrogen) atoms. The molecule has 1 atom stereocenters. The Hall–Kier alpha value is -1.51. The minimum Gasteiger partial charge on any atom is -1.00 e. The Balaban J connectivity index is 0.00000240. The van der Waals surface area contributed by atoms with Crippen LogP contribution in [0.1, 0.15) is 29.2 Å². The van der Waals surface area contributed by atoms with E-state index in [9.17, 15) is 4.79 Å². The maximum absolute atomic E-state index is 13.0. The maximum Gasteiger partial charge on any atom is 0.231 e. The van der Waals surface area contributed by atoms with Crippen molar-refractivity contribution in [1.29, 1.82) is 0 Å². The molecule has 0 saturated heterocycles. The lowest BCUT2D eigenvalue weighted by atomic mass is 9.86. The topological polar surface area (TPSA) is 44.8 Å². The first-order valence-corrected chi connectivity index (χ1v) is 9.85. The summed E-state index contributed by atoms with van der Waals surface area (Å²) in [7, 11) is 5.98. The zero-order chi connectivity index (χ0) is 19.9. The van der Waals surface area contributed by atoms with Crippen molar-refractivity contribution in [1.82, 2.24) is 0 Å². The normalized spacial score (nSPS) is 18.6. The van der Waals surface area contributed by atoms with Crippen molar-refractivity contribution in [2.45, 2.75) is 25.3 Å². The molecule has 2 aromatic rings. The third kappa shape index (κ3) is 4.20. The number of carbonyl (C=O) groups excluding carboxylic acids is 1. The van der Waals surface area contributed by atoms with Gasteiger partial charge in [-0.2, -0.15) is 0 Å². The van der Waals surface area contributed by atoms with Gasteiger partial charge in [-0.15, -0.1) is 0 Å². The predicted molar refractivity (Wildman–Crippen MR) is 107 cm³/mol. The quantitative estimate of drug-likeness (QED) is 0.428. The first-order valence-electron chi connectivity index (χ1n) is 9.48. The van der Waals surface area contributed by atoms with Crippen LogP contribution in [0, 0.1) is 0 Å². The number of likely N-dealkylation sites (N-methyl/N-ethyl adjacent to an activating group) is 1. The van der Waals surface area contributed by atoms with Gasteiger partial charge < -0.3 is 42.7 Å². The summed E-state index contributed by atoms with van der Waals surface area (Å²) in [5.41, 5.74) is 3.11. The Bertz CT molecular complexity index is 931. The number of fused-ring (bicyclic) bond motifs is 2. The largest absolute Gasteiger partial charge is 1.00 e. The molecule has 0 aromatic heterocycles. The number of hydrogen-bond acceptors (Lipinski definition) is 4. The van der Waals surface area contributed by atoms with Crippen molar-refractivity contribution >= 4 is 17.4 Å². The highest BCUT2D eigenvalue weighted by molar-refractivity contribution is 6.31. The molecule has 1 unspecified atom stereocenters. The van der Waals surface area contributed by atoms with Gasteiger partial charge in [-0.1, -0.05) is 29.8 Å². The van der Waals surface area contributed by atoms with Crippen molar-refractivity contribution in [3.63, 3.8) is 0 Å². The SMILES string of the molecule is COc1c2c(cc3c1C(CC(=O)Cc1ccccc1Cl)[N+](C)(C)CC3)OCO2.[I-]. The summed E-state index contributed by atoms with van der Waals surface area (Å²) in [5, 5.41) is 0.634. The zero-order valence-electron chi connectivity index (χ0n) is 16.8. The van der Waals surface area contributed by atoms with E-state index in [4.69, 9.17) is 25.8 Å². The summed E-state index contributed by atoms with van der Waals surface area (Å²) < 4.78 is 17.7. The Morgan fingerprint density at radius 1 is 1.28 bits per heavy atom. The molecular weight excluding hydrogens is 505 g/mol. The van der Waals surface area contributed by atoms with Crippen molar-refractivity contribution in [3.8, 4) is 17.2 Å². The van der Waals surface area contributed by atoms with Crippen molar-refractivity contribution in [2.75, 3.05) is 34.5 Å². The van der Waals surface area contributed by atoms with Crippen LogP contribution in [0.3, 0.4) is 0 Å². The number of nitrogens with zero attached hydrogens (tertiary/aromatic N) is 1. The lowest BCUT2D eigenvalue weighted by Gasteiger charge is -2.43. The zero-order valence-corrected chi connectivity index (χ0v) is 19.7. The van der Waals surface area contributed by atoms with E-state index in [1.807, 2.05) is 30.3 Å². The minimum atomic E-state index is -0.0109. The van der Waals surface area contributed by atoms with Crippen LogP contribution in [0.4, 0.5) is 0 Å². The summed E-state index contributed by atoms with van der Waals surface area (Å²) >= 11 is 6.25. The number of rotatable bonds is 5. The lowest BCUT2D eigenvalue weighted by Crippen LogP contribution is -3.00. The van der Waals surface area contributed by atoms with Gasteiger partial charge in [0.2, 0.25) is 12.5 Å². The molecule has 7 heteroatoms. The highest BCUT2D eigenvalue weighted by atomic mass is 127. The molecule has 0 fully saturated rings. The Labute approximate surface area is 193 Å². The third-order valence-electron chi connectivity index (χ3n) is 5.85. The third-order valence-corrected chi connectivity index (χ3v) is 6.22. The van der Waals surface area contributed by atoms with E-state index < -0.39 is 0 Å². The molecule has 0 spiro atoms. The van der Waals surface area contributed by atoms with E-state index in [0.717, 1.165) is 34.3 Å². The number of ketones is 1. The van der Waals surface area contributed by atoms with E-state index in [0.29, 0.717) is 29.4 Å². The molecule has 0 N–H and O–H groups in total. The van der Waals surface area contributed by atoms with Crippen LogP contribution in [-0.2, 0) is 17.6 Å². The second-order valence-electron chi connectivity index (χ2n) is 8.00. The number of ether oxygens (including phenoxy) is 3. The van der Waals surface area contributed by atoms with Gasteiger partial charge in [-0.05, 0) is 23.3 Å². The summed E-state index contributed by atoms with van der Waals surface area (Å²) in [6.45, 7) is 1.14. The number of quaternary nitrogens is 1. The average Bonchev–Trinajstić information content (AvgIpc) is 3.12. The van der Waals surface area contributed by atoms with Crippen molar-refractivity contribution in [3.05, 3.63) is 52.0 Å². The molecule has 4 rings (SSSR count). The van der Waals surface area contributed by atoms with Crippen molar-refractivity contribution in [2.24, 2.45) is 0 Å². The molecule has 0 aliphatic carbocycles. The lowest BCUT2D eigenvalue weighted by molar-refractivity contribution is -0.922. The average molecular weight is 530 g/mol. The molecule has 0 saturated carbocycles. The van der Waals surface area contributed by atoms with Crippen LogP contribution in [-0.4, -0.2) is 44.8 Å². The fraction of sp³-hybridized carbons (Fsp3) is 0.409. The van der Waals surface area contributed by atoms with Gasteiger partial charge in [0.15, 0.2) is 11.5 Å². The Morgan fingerprint density at radius 2 is 2.03 bits per heavy atom. The van der Waals surface area contributed by atoms with E-state index in [-0.39, 0.29) is 42.6 Å². The highest BCUT2D eigenvalue weighted by Crippen LogP contribution is 2.51. The van der Waals surface area contributed by atoms with E-state index in [2.05, 4.69) is 14.1 Å². The van der Waals surface area contributed by atoms with Crippen LogP contribution in [0.5, 0.6) is 17.2 Å². The van der Waals surface area contributed by atoms with E-state index >= 15 is 0 Å². The molecule has 2 aliphatic heterocycles. The first-order chi connectivity index (χ1) is 13.4. The molecule has 0 amide bonds. The van der Waals surface area contributed by atoms with E-state index in [1.165, 1.54) is 5.56 Å². The minimum absolute atomic E-state index is 0. The Morgan fingerprint density at radius 3 is 2.76 bits per heavy atom. The van der Waals surface area contributed by atoms with Crippen LogP contribution in [0.2, 0.25) is 5.02 Å². The van der Waals surface area contributed by atoms with Crippen LogP contribution in [0.15, 0.2) is 30.3 Å². The summed E-state index contributed by atoms with van der Waals surface area (Å²) in [6, 6.07) is 9.56. The van der Waals surface area contributed by atoms with Crippen LogP contribution >= 0.6 is 11.6 Å². The number of benzene rings is 2. The standard InChI is InChI=1S/C22H25ClNO4.HI/c1-24(2)9-8-15-11-19-21(28-13-27-19)22(26-3)20(15)18(24)12-16(25)10-14-6-4-5-7-17(14)23;/h4-7,11,18H,8-10,12-13H2,1-3H3;1H/q+1;/p-1. The summed E-state index contributed by atoms with van der Waals surface area (Å²) in [5.74, 6) is 2.24. The van der Waals surface area contributed by atoms with Gasteiger partial charge in [0.25, 0.3) is 0 Å². The van der Waals surface area contributed by atoms with Gasteiger partial charge in [-0.25, -0.2) is 0 Å². The van der Waals surface area contributed by atoms with Gasteiger partial charge in [0.05, 0.1) is 39.7 Å². The molecule has 0 radical (unpaired) electrons. The first kappa shape index (κ1) is 22.2. The number of hydrogen-bond donors (Lipinski definition) is 0. The monoisotopic (exact) mass is 529 g/mol. The number of Topliss-reactive ketones (excluding diaryl/α,β-unsaturated/α-hetero) is 1. The van der Waals surface area contributed by atoms with Crippen molar-refractivity contribution < 1.29 is 47.5 Å². The molecule has 5 nitrogen and oxygen atoms in total. The number of halogens is 2. The van der Waals surface area contributed by atoms with E-state index in [1.54, 1.807) is 7.11 Å². The molecular formula is C22H25ClINO4. The predicted octanol–water partition coefficient (Wildman–Crippen LogP) is 0.957. The Kier molecular flexibility index (Phi) is 6.65. The molecule has 0 bridgehead atoms. The van der Waals surface area contributed by atoms with Gasteiger partial charge in [0, 0.05) is 17.9 Å². The fourth-order valence-corrected chi connectivity index (χ4v) is 4.46. The molecule has 2 aliphatic rings. The highest BCUT2D eigenvalue weighted by Gasteiger charge is 2.42.